The van der Waals surface area contributed by atoms with E-state index < -0.39 is 0 Å². The molecule has 0 amide bonds. The van der Waals surface area contributed by atoms with Gasteiger partial charge < -0.3 is 25.2 Å². The van der Waals surface area contributed by atoms with Crippen LogP contribution < -0.4 is 5.73 Å². The largest absolute Gasteiger partial charge is 0.348 e. The van der Waals surface area contributed by atoms with Gasteiger partial charge >= 0.3 is 0 Å². The smallest absolute Gasteiger partial charge is 0.0946 e. The molecule has 4 heterocycles. The maximum absolute atomic E-state index is 5.84. The Morgan fingerprint density at radius 2 is 1.20 bits per heavy atom. The summed E-state index contributed by atoms with van der Waals surface area (Å²) in [7, 11) is 2.01. The molecule has 0 radical (unpaired) electrons. The maximum Gasteiger partial charge on any atom is 0.0946 e. The Hall–Kier alpha value is -2.45. The van der Waals surface area contributed by atoms with E-state index in [1.165, 1.54) is 119 Å². The predicted octanol–water partition coefficient (Wildman–Crippen LogP) is 13.3. The maximum atomic E-state index is 5.84. The molecular weight excluding hydrogens is 725 g/mol. The van der Waals surface area contributed by atoms with E-state index in [2.05, 4.69) is 147 Å². The third-order valence-electron chi connectivity index (χ3n) is 11.5. The van der Waals surface area contributed by atoms with Crippen LogP contribution in [0.15, 0.2) is 31.4 Å². The van der Waals surface area contributed by atoms with Crippen molar-refractivity contribution in [2.45, 2.75) is 213 Å². The highest BCUT2D eigenvalue weighted by Gasteiger charge is 2.28. The second-order valence-electron chi connectivity index (χ2n) is 23.8. The number of unbranched alkanes of at least 4 members (excludes halogenated alkanes) is 1. The van der Waals surface area contributed by atoms with E-state index in [4.69, 9.17) is 5.73 Å². The first kappa shape index (κ1) is 54.6. The molecule has 0 bridgehead atoms. The van der Waals surface area contributed by atoms with E-state index in [9.17, 15) is 0 Å². The van der Waals surface area contributed by atoms with E-state index >= 15 is 0 Å². The molecule has 1 saturated heterocycles. The molecule has 342 valence electrons. The van der Waals surface area contributed by atoms with Crippen LogP contribution in [0.3, 0.4) is 0 Å². The van der Waals surface area contributed by atoms with Gasteiger partial charge in [0.15, 0.2) is 0 Å². The van der Waals surface area contributed by atoms with Gasteiger partial charge in [0.05, 0.1) is 30.4 Å². The van der Waals surface area contributed by atoms with Gasteiger partial charge in [-0.2, -0.15) is 0 Å². The Balaban J connectivity index is 0.000000369. The van der Waals surface area contributed by atoms with Crippen molar-refractivity contribution in [1.82, 2.24) is 34.4 Å². The van der Waals surface area contributed by atoms with Crippen molar-refractivity contribution < 1.29 is 0 Å². The van der Waals surface area contributed by atoms with E-state index in [0.717, 1.165) is 25.2 Å². The number of imidazole rings is 3. The zero-order valence-electron chi connectivity index (χ0n) is 42.1. The predicted molar refractivity (Wildman–Crippen MR) is 257 cm³/mol. The van der Waals surface area contributed by atoms with Crippen molar-refractivity contribution in [3.63, 3.8) is 0 Å². The molecule has 5 rings (SSSR count). The lowest BCUT2D eigenvalue weighted by atomic mass is 9.71. The van der Waals surface area contributed by atoms with Gasteiger partial charge in [0.2, 0.25) is 0 Å². The van der Waals surface area contributed by atoms with Crippen molar-refractivity contribution in [1.29, 1.82) is 0 Å². The Labute approximate surface area is 365 Å². The molecule has 1 saturated carbocycles. The normalized spacial score (nSPS) is 17.7. The summed E-state index contributed by atoms with van der Waals surface area (Å²) in [6, 6.07) is 0.494. The molecule has 3 aromatic rings. The van der Waals surface area contributed by atoms with Crippen LogP contribution in [0.1, 0.15) is 204 Å². The molecule has 0 unspecified atom stereocenters. The Bertz CT molecular complexity index is 1430. The second kappa shape index (κ2) is 26.1. The summed E-state index contributed by atoms with van der Waals surface area (Å²) in [6.45, 7) is 40.5. The highest BCUT2D eigenvalue weighted by Crippen LogP contribution is 2.37. The van der Waals surface area contributed by atoms with Crippen LogP contribution in [0.4, 0.5) is 0 Å². The minimum atomic E-state index is 0.408. The topological polar surface area (TPSA) is 104 Å². The third-order valence-corrected chi connectivity index (χ3v) is 11.5. The molecule has 4 N–H and O–H groups in total. The number of hydrogen-bond acceptors (Lipinski definition) is 5. The Kier molecular flexibility index (Phi) is 24.2. The Morgan fingerprint density at radius 3 is 1.64 bits per heavy atom. The van der Waals surface area contributed by atoms with Crippen molar-refractivity contribution in [2.24, 2.45) is 45.8 Å². The first-order valence-electron chi connectivity index (χ1n) is 23.5. The van der Waals surface area contributed by atoms with E-state index in [-0.39, 0.29) is 0 Å². The zero-order valence-corrected chi connectivity index (χ0v) is 42.1. The van der Waals surface area contributed by atoms with E-state index in [1.54, 1.807) is 12.7 Å². The van der Waals surface area contributed by atoms with Gasteiger partial charge in [-0.3, -0.25) is 0 Å². The summed E-state index contributed by atoms with van der Waals surface area (Å²) in [4.78, 5) is 21.3. The van der Waals surface area contributed by atoms with Gasteiger partial charge in [-0.1, -0.05) is 110 Å². The lowest BCUT2D eigenvalue weighted by Crippen LogP contribution is -2.31. The standard InChI is InChI=1S/C12H25N.2C10H18N2.C10H21N.C9H16N2/c1-12(2,3)8-4-5-9-13-10-6-7-11-13;1-10(2,3)6-5-9-7-12(4)8-11-9;1-8-9(12-7-11-8)5-6-10(2,3)4;1-10(2,3)8-4-6-9(11)7-5-8;1-9(2,3)5-4-8-6-10-7-11-8/h4-11H2,1-3H3;7-8H,5-6H2,1-4H3;7H,5-6H2,1-4H3,(H,11,12);8-9H,4-7,11H2,1-3H3;6-7H,4-5H2,1-3H3,(H,10,11). The van der Waals surface area contributed by atoms with E-state index in [1.807, 2.05) is 24.1 Å². The summed E-state index contributed by atoms with van der Waals surface area (Å²) >= 11 is 0. The van der Waals surface area contributed by atoms with Gasteiger partial charge in [0.1, 0.15) is 0 Å². The first-order valence-corrected chi connectivity index (χ1v) is 23.5. The molecule has 1 aliphatic heterocycles. The van der Waals surface area contributed by atoms with Crippen LogP contribution in [-0.4, -0.2) is 60.1 Å². The molecule has 59 heavy (non-hydrogen) atoms. The highest BCUT2D eigenvalue weighted by molar-refractivity contribution is 5.08. The minimum Gasteiger partial charge on any atom is -0.348 e. The summed E-state index contributed by atoms with van der Waals surface area (Å²) in [5, 5.41) is 0. The number of aromatic nitrogens is 6. The number of nitrogens with one attached hydrogen (secondary N) is 2. The molecule has 8 heteroatoms. The SMILES string of the molecule is CC(C)(C)C1CCC(N)CC1.CC(C)(C)CCCCN1CCCC1.CC(C)(C)CCc1cnc[nH]1.Cc1[nH]cnc1CCC(C)(C)C.Cn1cnc(CCC(C)(C)C)c1. The van der Waals surface area contributed by atoms with Crippen molar-refractivity contribution in [3.05, 3.63) is 54.2 Å². The minimum absolute atomic E-state index is 0.408. The summed E-state index contributed by atoms with van der Waals surface area (Å²) in [5.74, 6) is 0.905. The highest BCUT2D eigenvalue weighted by atomic mass is 15.1. The monoisotopic (exact) mass is 823 g/mol. The van der Waals surface area contributed by atoms with Gasteiger partial charge in [-0.25, -0.2) is 15.0 Å². The molecular formula is C51H98N8. The molecule has 1 aliphatic carbocycles. The molecule has 0 aromatic carbocycles. The second-order valence-corrected chi connectivity index (χ2v) is 23.8. The van der Waals surface area contributed by atoms with E-state index in [0.29, 0.717) is 33.1 Å². The summed E-state index contributed by atoms with van der Waals surface area (Å²) in [6.07, 6.45) is 28.4. The fourth-order valence-electron chi connectivity index (χ4n) is 7.14. The molecule has 3 aromatic heterocycles. The summed E-state index contributed by atoms with van der Waals surface area (Å²) < 4.78 is 2.00. The average molecular weight is 823 g/mol. The lowest BCUT2D eigenvalue weighted by molar-refractivity contribution is 0.170. The molecule has 0 atom stereocenters. The van der Waals surface area contributed by atoms with Crippen LogP contribution in [0.2, 0.25) is 0 Å². The summed E-state index contributed by atoms with van der Waals surface area (Å²) in [5.41, 5.74) is 13.0. The third kappa shape index (κ3) is 30.3. The van der Waals surface area contributed by atoms with Gasteiger partial charge in [-0.15, -0.1) is 0 Å². The average Bonchev–Trinajstić information content (AvgIpc) is 3.94. The van der Waals surface area contributed by atoms with Crippen molar-refractivity contribution in [2.75, 3.05) is 19.6 Å². The lowest BCUT2D eigenvalue weighted by Gasteiger charge is -2.35. The van der Waals surface area contributed by atoms with Crippen molar-refractivity contribution >= 4 is 0 Å². The van der Waals surface area contributed by atoms with Crippen LogP contribution >= 0.6 is 0 Å². The number of aryl methyl sites for hydroxylation is 5. The quantitative estimate of drug-likeness (QED) is 0.177. The van der Waals surface area contributed by atoms with Crippen LogP contribution in [0.5, 0.6) is 0 Å². The fraction of sp³-hybridized carbons (Fsp3) is 0.824. The Morgan fingerprint density at radius 1 is 0.661 bits per heavy atom. The number of rotatable bonds is 10. The van der Waals surface area contributed by atoms with Crippen LogP contribution in [0, 0.1) is 39.9 Å². The number of nitrogens with zero attached hydrogens (tertiary/aromatic N) is 5. The number of nitrogens with two attached hydrogens (primary N) is 1. The molecule has 0 spiro atoms. The van der Waals surface area contributed by atoms with Gasteiger partial charge in [0.25, 0.3) is 0 Å². The molecule has 2 aliphatic rings. The van der Waals surface area contributed by atoms with Gasteiger partial charge in [-0.05, 0) is 149 Å². The number of H-pyrrole nitrogens is 2. The van der Waals surface area contributed by atoms with Crippen molar-refractivity contribution in [3.8, 4) is 0 Å². The number of aromatic amines is 2. The van der Waals surface area contributed by atoms with Crippen LogP contribution in [0.25, 0.3) is 0 Å². The zero-order chi connectivity index (χ0) is 44.9. The first-order chi connectivity index (χ1) is 27.1. The number of hydrogen-bond donors (Lipinski definition) is 3. The van der Waals surface area contributed by atoms with Gasteiger partial charge in [0, 0.05) is 36.9 Å². The molecule has 8 nitrogen and oxygen atoms in total. The van der Waals surface area contributed by atoms with Crippen LogP contribution in [-0.2, 0) is 26.3 Å². The number of likely N-dealkylation sites (tertiary alicyclic amines) is 1. The fourth-order valence-corrected chi connectivity index (χ4v) is 7.14. The molecule has 2 fully saturated rings.